The van der Waals surface area contributed by atoms with E-state index < -0.39 is 0 Å². The van der Waals surface area contributed by atoms with Crippen molar-refractivity contribution in [1.82, 2.24) is 14.6 Å². The lowest BCUT2D eigenvalue weighted by Gasteiger charge is -1.91. The highest BCUT2D eigenvalue weighted by molar-refractivity contribution is 5.46. The molecule has 0 saturated heterocycles. The van der Waals surface area contributed by atoms with E-state index in [2.05, 4.69) is 28.5 Å². The summed E-state index contributed by atoms with van der Waals surface area (Å²) in [5, 5.41) is 4.19. The van der Waals surface area contributed by atoms with Gasteiger partial charge in [-0.2, -0.15) is 5.10 Å². The molecule has 0 N–H and O–H groups in total. The Labute approximate surface area is 100 Å². The zero-order valence-electron chi connectivity index (χ0n) is 9.94. The molecule has 3 nitrogen and oxygen atoms in total. The van der Waals surface area contributed by atoms with Crippen molar-refractivity contribution in [3.05, 3.63) is 54.0 Å². The van der Waals surface area contributed by atoms with Gasteiger partial charge in [-0.1, -0.05) is 18.1 Å². The highest BCUT2D eigenvalue weighted by Gasteiger charge is 1.98. The normalized spacial score (nSPS) is 9.53. The Morgan fingerprint density at radius 3 is 3.06 bits per heavy atom. The van der Waals surface area contributed by atoms with Gasteiger partial charge < -0.3 is 0 Å². The van der Waals surface area contributed by atoms with E-state index in [1.807, 2.05) is 32.1 Å². The van der Waals surface area contributed by atoms with Crippen LogP contribution < -0.4 is 0 Å². The van der Waals surface area contributed by atoms with Crippen molar-refractivity contribution in [3.63, 3.8) is 0 Å². The molecule has 0 atom stereocenters. The summed E-state index contributed by atoms with van der Waals surface area (Å²) in [5.74, 6) is 6.00. The first-order valence-electron chi connectivity index (χ1n) is 5.31. The molecule has 84 valence electrons. The second-order valence-corrected chi connectivity index (χ2v) is 3.93. The number of fused-ring (bicyclic) bond motifs is 1. The minimum atomic E-state index is 0.768. The molecule has 0 saturated carbocycles. The van der Waals surface area contributed by atoms with Crippen LogP contribution in [0.1, 0.15) is 19.5 Å². The van der Waals surface area contributed by atoms with E-state index in [-0.39, 0.29) is 0 Å². The van der Waals surface area contributed by atoms with Crippen LogP contribution in [0.25, 0.3) is 5.65 Å². The maximum absolute atomic E-state index is 4.21. The molecule has 0 aliphatic carbocycles. The van der Waals surface area contributed by atoms with Gasteiger partial charge in [-0.3, -0.25) is 0 Å². The van der Waals surface area contributed by atoms with Gasteiger partial charge in [0.1, 0.15) is 5.69 Å². The van der Waals surface area contributed by atoms with Crippen molar-refractivity contribution in [3.8, 4) is 11.8 Å². The lowest BCUT2D eigenvalue weighted by molar-refractivity contribution is 0.923. The maximum atomic E-state index is 4.21. The van der Waals surface area contributed by atoms with Crippen LogP contribution in [0.2, 0.25) is 0 Å². The Morgan fingerprint density at radius 1 is 1.47 bits per heavy atom. The second-order valence-electron chi connectivity index (χ2n) is 3.93. The fourth-order valence-electron chi connectivity index (χ4n) is 1.44. The van der Waals surface area contributed by atoms with E-state index in [0.717, 1.165) is 16.9 Å². The summed E-state index contributed by atoms with van der Waals surface area (Å²) in [5.41, 5.74) is 3.53. The van der Waals surface area contributed by atoms with Gasteiger partial charge in [0, 0.05) is 11.8 Å². The minimum absolute atomic E-state index is 0.768. The quantitative estimate of drug-likeness (QED) is 0.549. The van der Waals surface area contributed by atoms with Crippen molar-refractivity contribution < 1.29 is 0 Å². The number of rotatable bonds is 1. The molecule has 0 bridgehead atoms. The molecule has 2 aromatic rings. The molecule has 0 aliphatic heterocycles. The molecule has 2 aromatic heterocycles. The summed E-state index contributed by atoms with van der Waals surface area (Å²) >= 11 is 0. The average Bonchev–Trinajstić information content (AvgIpc) is 2.69. The molecule has 0 fully saturated rings. The topological polar surface area (TPSA) is 30.2 Å². The third kappa shape index (κ3) is 2.61. The maximum Gasteiger partial charge on any atom is 0.154 e. The highest BCUT2D eigenvalue weighted by Crippen LogP contribution is 2.03. The Hall–Kier alpha value is -2.34. The van der Waals surface area contributed by atoms with Gasteiger partial charge in [0.25, 0.3) is 0 Å². The molecular formula is C14H13N3. The van der Waals surface area contributed by atoms with Gasteiger partial charge >= 0.3 is 0 Å². The summed E-state index contributed by atoms with van der Waals surface area (Å²) in [7, 11) is 0. The summed E-state index contributed by atoms with van der Waals surface area (Å²) in [4.78, 5) is 4.21. The van der Waals surface area contributed by atoms with Crippen molar-refractivity contribution in [2.45, 2.75) is 13.8 Å². The fourth-order valence-corrected chi connectivity index (χ4v) is 1.44. The Morgan fingerprint density at radius 2 is 2.29 bits per heavy atom. The number of hydrogen-bond acceptors (Lipinski definition) is 2. The van der Waals surface area contributed by atoms with Crippen LogP contribution in [-0.4, -0.2) is 14.6 Å². The second kappa shape index (κ2) is 4.67. The molecule has 0 aromatic carbocycles. The van der Waals surface area contributed by atoms with Gasteiger partial charge in [0.05, 0.1) is 6.20 Å². The number of hydrogen-bond donors (Lipinski definition) is 0. The van der Waals surface area contributed by atoms with Crippen molar-refractivity contribution in [2.75, 3.05) is 0 Å². The third-order valence-corrected chi connectivity index (χ3v) is 2.09. The molecule has 17 heavy (non-hydrogen) atoms. The number of nitrogens with zero attached hydrogens (tertiary/aromatic N) is 3. The van der Waals surface area contributed by atoms with Gasteiger partial charge in [0.15, 0.2) is 5.65 Å². The zero-order valence-corrected chi connectivity index (χ0v) is 9.94. The monoisotopic (exact) mass is 223 g/mol. The minimum Gasteiger partial charge on any atom is -0.234 e. The Balaban J connectivity index is 2.34. The van der Waals surface area contributed by atoms with E-state index >= 15 is 0 Å². The van der Waals surface area contributed by atoms with Crippen LogP contribution in [0.4, 0.5) is 0 Å². The highest BCUT2D eigenvalue weighted by atomic mass is 15.2. The van der Waals surface area contributed by atoms with Gasteiger partial charge in [-0.15, -0.1) is 0 Å². The zero-order chi connectivity index (χ0) is 12.3. The van der Waals surface area contributed by atoms with Crippen molar-refractivity contribution in [2.24, 2.45) is 0 Å². The molecule has 2 rings (SSSR count). The van der Waals surface area contributed by atoms with Crippen LogP contribution in [0.5, 0.6) is 0 Å². The lowest BCUT2D eigenvalue weighted by Crippen LogP contribution is -1.92. The molecule has 2 heterocycles. The van der Waals surface area contributed by atoms with E-state index in [9.17, 15) is 0 Å². The third-order valence-electron chi connectivity index (χ3n) is 2.09. The first-order valence-corrected chi connectivity index (χ1v) is 5.31. The van der Waals surface area contributed by atoms with Crippen LogP contribution in [0.3, 0.4) is 0 Å². The predicted octanol–water partition coefficient (Wildman–Crippen LogP) is 2.60. The van der Waals surface area contributed by atoms with Crippen molar-refractivity contribution in [1.29, 1.82) is 0 Å². The van der Waals surface area contributed by atoms with E-state index in [4.69, 9.17) is 0 Å². The molecule has 0 amide bonds. The average molecular weight is 223 g/mol. The van der Waals surface area contributed by atoms with E-state index in [0.29, 0.717) is 0 Å². The van der Waals surface area contributed by atoms with E-state index in [1.165, 1.54) is 5.57 Å². The molecule has 0 unspecified atom stereocenters. The largest absolute Gasteiger partial charge is 0.234 e. The lowest BCUT2D eigenvalue weighted by atomic mass is 10.2. The van der Waals surface area contributed by atoms with Crippen molar-refractivity contribution >= 4 is 5.65 Å². The van der Waals surface area contributed by atoms with Crippen LogP contribution >= 0.6 is 0 Å². The standard InChI is InChI=1S/C14H13N3/c1-11(2)9-12(3)6-7-13-10-15-14-5-4-8-16-17(13)14/h4-5,8-10H,3H2,1-2H3. The van der Waals surface area contributed by atoms with Gasteiger partial charge in [-0.25, -0.2) is 9.50 Å². The van der Waals surface area contributed by atoms with Crippen LogP contribution in [0, 0.1) is 11.8 Å². The first kappa shape index (κ1) is 11.2. The van der Waals surface area contributed by atoms with Crippen LogP contribution in [0.15, 0.2) is 48.3 Å². The number of aromatic nitrogens is 3. The summed E-state index contributed by atoms with van der Waals surface area (Å²) in [6.07, 6.45) is 5.37. The molecule has 0 spiro atoms. The summed E-state index contributed by atoms with van der Waals surface area (Å²) in [6.45, 7) is 7.91. The predicted molar refractivity (Wildman–Crippen MR) is 68.4 cm³/mol. The molecule has 0 radical (unpaired) electrons. The fraction of sp³-hybridized carbons (Fsp3) is 0.143. The Bertz CT molecular complexity index is 647. The SMILES string of the molecule is C=C(C#Cc1cnc2cccnn12)C=C(C)C. The van der Waals surface area contributed by atoms with Gasteiger partial charge in [-0.05, 0) is 38.0 Å². The first-order chi connectivity index (χ1) is 8.16. The molecular weight excluding hydrogens is 210 g/mol. The Kier molecular flexibility index (Phi) is 3.06. The van der Waals surface area contributed by atoms with Crippen LogP contribution in [-0.2, 0) is 0 Å². The summed E-state index contributed by atoms with van der Waals surface area (Å²) in [6, 6.07) is 3.74. The smallest absolute Gasteiger partial charge is 0.154 e. The molecule has 3 heteroatoms. The summed E-state index contributed by atoms with van der Waals surface area (Å²) < 4.78 is 1.71. The molecule has 0 aliphatic rings. The van der Waals surface area contributed by atoms with E-state index in [1.54, 1.807) is 16.9 Å². The van der Waals surface area contributed by atoms with Gasteiger partial charge in [0.2, 0.25) is 0 Å². The number of allylic oxidation sites excluding steroid dienone is 3. The number of imidazole rings is 1.